The molecule has 1 aliphatic rings. The van der Waals surface area contributed by atoms with Gasteiger partial charge >= 0.3 is 6.03 Å². The van der Waals surface area contributed by atoms with Gasteiger partial charge in [0.05, 0.1) is 0 Å². The minimum absolute atomic E-state index is 0.0209. The third kappa shape index (κ3) is 4.75. The minimum atomic E-state index is -0.902. The van der Waals surface area contributed by atoms with Crippen molar-refractivity contribution in [3.05, 3.63) is 24.3 Å². The van der Waals surface area contributed by atoms with E-state index in [2.05, 4.69) is 16.2 Å². The lowest BCUT2D eigenvalue weighted by molar-refractivity contribution is -0.136. The molecule has 0 saturated heterocycles. The van der Waals surface area contributed by atoms with Gasteiger partial charge in [0.15, 0.2) is 11.5 Å². The topological polar surface area (TPSA) is 132 Å². The maximum Gasteiger partial charge on any atom is 0.312 e. The molecule has 1 aliphatic heterocycles. The third-order valence-electron chi connectivity index (χ3n) is 3.90. The van der Waals surface area contributed by atoms with Gasteiger partial charge in [-0.15, -0.1) is 0 Å². The first-order valence-corrected chi connectivity index (χ1v) is 7.96. The molecule has 25 heavy (non-hydrogen) atoms. The van der Waals surface area contributed by atoms with Crippen LogP contribution in [0.25, 0.3) is 0 Å². The molecule has 0 unspecified atom stereocenters. The Labute approximate surface area is 145 Å². The Kier molecular flexibility index (Phi) is 6.04. The predicted molar refractivity (Wildman–Crippen MR) is 88.6 cm³/mol. The summed E-state index contributed by atoms with van der Waals surface area (Å²) in [5.41, 5.74) is 9.65. The van der Waals surface area contributed by atoms with Crippen LogP contribution in [-0.2, 0) is 9.59 Å². The van der Waals surface area contributed by atoms with Crippen LogP contribution in [0.15, 0.2) is 24.3 Å². The van der Waals surface area contributed by atoms with Crippen molar-refractivity contribution in [2.45, 2.75) is 32.4 Å². The number of hydrazine groups is 1. The summed E-state index contributed by atoms with van der Waals surface area (Å²) in [6.07, 6.45) is -0.260. The first kappa shape index (κ1) is 18.4. The molecule has 0 spiro atoms. The second kappa shape index (κ2) is 8.22. The Balaban J connectivity index is 1.90. The number of carbonyl (C=O) groups excluding carboxylic acids is 3. The van der Waals surface area contributed by atoms with Crippen molar-refractivity contribution in [3.63, 3.8) is 0 Å². The Bertz CT molecular complexity index is 651. The summed E-state index contributed by atoms with van der Waals surface area (Å²) in [7, 11) is 0. The molecule has 0 radical (unpaired) electrons. The predicted octanol–water partition coefficient (Wildman–Crippen LogP) is 0.0568. The van der Waals surface area contributed by atoms with E-state index in [4.69, 9.17) is 15.2 Å². The molecule has 9 heteroatoms. The monoisotopic (exact) mass is 350 g/mol. The van der Waals surface area contributed by atoms with E-state index in [0.717, 1.165) is 0 Å². The number of primary amides is 1. The number of para-hydroxylation sites is 2. The fraction of sp³-hybridized carbons (Fsp3) is 0.438. The second-order valence-electron chi connectivity index (χ2n) is 5.71. The van der Waals surface area contributed by atoms with E-state index < -0.39 is 30.0 Å². The summed E-state index contributed by atoms with van der Waals surface area (Å²) >= 11 is 0. The molecule has 3 atom stereocenters. The van der Waals surface area contributed by atoms with Crippen molar-refractivity contribution in [1.82, 2.24) is 16.2 Å². The van der Waals surface area contributed by atoms with E-state index in [1.54, 1.807) is 31.2 Å². The first-order valence-electron chi connectivity index (χ1n) is 7.96. The van der Waals surface area contributed by atoms with Gasteiger partial charge in [-0.05, 0) is 18.1 Å². The molecular weight excluding hydrogens is 328 g/mol. The van der Waals surface area contributed by atoms with Crippen LogP contribution in [0.2, 0.25) is 0 Å². The molecule has 5 N–H and O–H groups in total. The van der Waals surface area contributed by atoms with Crippen molar-refractivity contribution < 1.29 is 23.9 Å². The quantitative estimate of drug-likeness (QED) is 0.558. The summed E-state index contributed by atoms with van der Waals surface area (Å²) in [4.78, 5) is 35.4. The molecule has 0 fully saturated rings. The highest BCUT2D eigenvalue weighted by Crippen LogP contribution is 2.30. The largest absolute Gasteiger partial charge is 0.485 e. The number of fused-ring (bicyclic) bond motifs is 1. The van der Waals surface area contributed by atoms with Crippen LogP contribution in [0, 0.1) is 5.92 Å². The summed E-state index contributed by atoms with van der Waals surface area (Å²) < 4.78 is 11.0. The Hall–Kier alpha value is -2.97. The Morgan fingerprint density at radius 1 is 1.24 bits per heavy atom. The zero-order chi connectivity index (χ0) is 18.4. The average molecular weight is 350 g/mol. The number of benzene rings is 1. The number of amides is 4. The van der Waals surface area contributed by atoms with Crippen LogP contribution >= 0.6 is 0 Å². The highest BCUT2D eigenvalue weighted by atomic mass is 16.6. The number of hydrogen-bond donors (Lipinski definition) is 4. The number of carbonyl (C=O) groups is 3. The summed E-state index contributed by atoms with van der Waals surface area (Å²) in [6, 6.07) is 5.31. The van der Waals surface area contributed by atoms with Crippen LogP contribution in [0.5, 0.6) is 11.5 Å². The maximum absolute atomic E-state index is 12.2. The van der Waals surface area contributed by atoms with Gasteiger partial charge in [-0.2, -0.15) is 0 Å². The lowest BCUT2D eigenvalue weighted by Gasteiger charge is -2.26. The van der Waals surface area contributed by atoms with Crippen molar-refractivity contribution in [2.75, 3.05) is 6.61 Å². The smallest absolute Gasteiger partial charge is 0.312 e. The van der Waals surface area contributed by atoms with Crippen molar-refractivity contribution in [2.24, 2.45) is 11.7 Å². The molecule has 1 heterocycles. The highest BCUT2D eigenvalue weighted by Gasteiger charge is 2.29. The van der Waals surface area contributed by atoms with Gasteiger partial charge in [-0.25, -0.2) is 4.79 Å². The van der Waals surface area contributed by atoms with E-state index >= 15 is 0 Å². The van der Waals surface area contributed by atoms with Gasteiger partial charge in [0, 0.05) is 0 Å². The standard InChI is InChI=1S/C16H22N4O5/c1-3-9(2)13(18-16(17)23)15(22)20-19-14(21)12-8-24-10-6-4-5-7-11(10)25-12/h4-7,9,12-13H,3,8H2,1-2H3,(H,19,21)(H,20,22)(H3,17,18,23)/t9-,12-,13+/m1/s1. The van der Waals surface area contributed by atoms with E-state index in [0.29, 0.717) is 17.9 Å². The molecule has 2 rings (SSSR count). The number of nitrogens with one attached hydrogen (secondary N) is 3. The van der Waals surface area contributed by atoms with Gasteiger partial charge < -0.3 is 20.5 Å². The first-order chi connectivity index (χ1) is 11.9. The molecule has 0 bridgehead atoms. The zero-order valence-corrected chi connectivity index (χ0v) is 14.1. The number of nitrogens with two attached hydrogens (primary N) is 1. The van der Waals surface area contributed by atoms with Crippen LogP contribution in [0.3, 0.4) is 0 Å². The molecule has 4 amide bonds. The molecule has 0 aliphatic carbocycles. The van der Waals surface area contributed by atoms with E-state index in [1.165, 1.54) is 0 Å². The summed E-state index contributed by atoms with van der Waals surface area (Å²) in [5.74, 6) is -0.291. The maximum atomic E-state index is 12.2. The fourth-order valence-electron chi connectivity index (χ4n) is 2.29. The molecule has 1 aromatic carbocycles. The highest BCUT2D eigenvalue weighted by molar-refractivity contribution is 5.89. The summed E-state index contributed by atoms with van der Waals surface area (Å²) in [6.45, 7) is 3.68. The van der Waals surface area contributed by atoms with Gasteiger partial charge in [0.25, 0.3) is 11.8 Å². The lowest BCUT2D eigenvalue weighted by atomic mass is 9.99. The third-order valence-corrected chi connectivity index (χ3v) is 3.90. The van der Waals surface area contributed by atoms with Crippen molar-refractivity contribution in [1.29, 1.82) is 0 Å². The summed E-state index contributed by atoms with van der Waals surface area (Å²) in [5, 5.41) is 2.37. The Morgan fingerprint density at radius 3 is 2.56 bits per heavy atom. The van der Waals surface area contributed by atoms with Gasteiger partial charge in [-0.1, -0.05) is 32.4 Å². The van der Waals surface area contributed by atoms with Gasteiger partial charge in [0.2, 0.25) is 6.10 Å². The van der Waals surface area contributed by atoms with Crippen LogP contribution < -0.4 is 31.4 Å². The average Bonchev–Trinajstić information content (AvgIpc) is 2.62. The minimum Gasteiger partial charge on any atom is -0.485 e. The Morgan fingerprint density at radius 2 is 1.92 bits per heavy atom. The number of ether oxygens (including phenoxy) is 2. The second-order valence-corrected chi connectivity index (χ2v) is 5.71. The fourth-order valence-corrected chi connectivity index (χ4v) is 2.29. The van der Waals surface area contributed by atoms with E-state index in [1.807, 2.05) is 6.92 Å². The molecule has 9 nitrogen and oxygen atoms in total. The molecule has 136 valence electrons. The van der Waals surface area contributed by atoms with Crippen molar-refractivity contribution in [3.8, 4) is 11.5 Å². The SMILES string of the molecule is CC[C@@H](C)[C@H](NC(N)=O)C(=O)NNC(=O)[C@H]1COc2ccccc2O1. The molecular formula is C16H22N4O5. The van der Waals surface area contributed by atoms with Gasteiger partial charge in [-0.3, -0.25) is 20.4 Å². The molecule has 1 aromatic rings. The molecule has 0 saturated carbocycles. The zero-order valence-electron chi connectivity index (χ0n) is 14.1. The lowest BCUT2D eigenvalue weighted by Crippen LogP contribution is -2.58. The van der Waals surface area contributed by atoms with Crippen LogP contribution in [0.4, 0.5) is 4.79 Å². The van der Waals surface area contributed by atoms with E-state index in [9.17, 15) is 14.4 Å². The van der Waals surface area contributed by atoms with Crippen LogP contribution in [0.1, 0.15) is 20.3 Å². The number of rotatable bonds is 5. The van der Waals surface area contributed by atoms with Gasteiger partial charge in [0.1, 0.15) is 12.6 Å². The van der Waals surface area contributed by atoms with Crippen LogP contribution in [-0.4, -0.2) is 36.6 Å². The normalized spacial score (nSPS) is 17.8. The molecule has 0 aromatic heterocycles. The number of hydrogen-bond acceptors (Lipinski definition) is 5. The number of urea groups is 1. The van der Waals surface area contributed by atoms with Crippen molar-refractivity contribution >= 4 is 17.8 Å². The van der Waals surface area contributed by atoms with E-state index in [-0.39, 0.29) is 12.5 Å².